The Bertz CT molecular complexity index is 1270. The lowest BCUT2D eigenvalue weighted by Gasteiger charge is -2.30. The van der Waals surface area contributed by atoms with E-state index in [1.165, 1.54) is 12.1 Å². The van der Waals surface area contributed by atoms with Crippen molar-refractivity contribution in [3.05, 3.63) is 52.8 Å². The molecule has 186 valence electrons. The second-order valence-electron chi connectivity index (χ2n) is 8.86. The van der Waals surface area contributed by atoms with Gasteiger partial charge in [0.2, 0.25) is 0 Å². The van der Waals surface area contributed by atoms with Crippen molar-refractivity contribution in [1.29, 1.82) is 0 Å². The van der Waals surface area contributed by atoms with Crippen LogP contribution in [0.2, 0.25) is 0 Å². The zero-order chi connectivity index (χ0) is 26.0. The number of hydrogen-bond acceptors (Lipinski definition) is 7. The van der Waals surface area contributed by atoms with Crippen LogP contribution in [0.25, 0.3) is 10.9 Å². The van der Waals surface area contributed by atoms with Gasteiger partial charge in [-0.3, -0.25) is 0 Å². The van der Waals surface area contributed by atoms with Gasteiger partial charge >= 0.3 is 5.92 Å². The van der Waals surface area contributed by atoms with Crippen LogP contribution in [0.3, 0.4) is 0 Å². The number of nitrogen functional groups attached to an aromatic ring is 1. The molecule has 0 spiro atoms. The highest BCUT2D eigenvalue weighted by Gasteiger charge is 2.47. The Morgan fingerprint density at radius 3 is 2.51 bits per heavy atom. The SMILES string of the molecule is C#Cc1cc2nc(C)nc(N[C@H](C)c3cc(N)cc(C(F)(F)C(C)(C)O)c3)c2cc1OCCOC. The molecular formula is C26H30F2N4O3. The summed E-state index contributed by atoms with van der Waals surface area (Å²) < 4.78 is 40.5. The molecule has 2 aromatic carbocycles. The van der Waals surface area contributed by atoms with Gasteiger partial charge in [0.25, 0.3) is 0 Å². The van der Waals surface area contributed by atoms with Gasteiger partial charge < -0.3 is 25.6 Å². The predicted octanol–water partition coefficient (Wildman–Crippen LogP) is 4.56. The Morgan fingerprint density at radius 1 is 1.17 bits per heavy atom. The van der Waals surface area contributed by atoms with Crippen molar-refractivity contribution in [2.45, 2.75) is 45.3 Å². The smallest absolute Gasteiger partial charge is 0.300 e. The van der Waals surface area contributed by atoms with Crippen LogP contribution in [0.4, 0.5) is 20.3 Å². The van der Waals surface area contributed by atoms with Crippen LogP contribution in [0.15, 0.2) is 30.3 Å². The van der Waals surface area contributed by atoms with Gasteiger partial charge in [0.15, 0.2) is 0 Å². The molecule has 9 heteroatoms. The van der Waals surface area contributed by atoms with E-state index >= 15 is 0 Å². The van der Waals surface area contributed by atoms with Crippen LogP contribution in [-0.4, -0.2) is 41.0 Å². The van der Waals surface area contributed by atoms with Crippen LogP contribution in [-0.2, 0) is 10.7 Å². The van der Waals surface area contributed by atoms with E-state index in [0.29, 0.717) is 52.6 Å². The second kappa shape index (κ2) is 10.0. The maximum absolute atomic E-state index is 14.8. The maximum atomic E-state index is 14.8. The first-order valence-electron chi connectivity index (χ1n) is 11.1. The van der Waals surface area contributed by atoms with Crippen LogP contribution >= 0.6 is 0 Å². The van der Waals surface area contributed by atoms with Gasteiger partial charge in [-0.15, -0.1) is 6.42 Å². The Labute approximate surface area is 203 Å². The third-order valence-electron chi connectivity index (χ3n) is 5.57. The number of anilines is 2. The highest BCUT2D eigenvalue weighted by Crippen LogP contribution is 2.40. The first-order chi connectivity index (χ1) is 16.4. The number of fused-ring (bicyclic) bond motifs is 1. The zero-order valence-corrected chi connectivity index (χ0v) is 20.4. The minimum atomic E-state index is -3.50. The fourth-order valence-electron chi connectivity index (χ4n) is 3.60. The van der Waals surface area contributed by atoms with Crippen molar-refractivity contribution in [1.82, 2.24) is 9.97 Å². The van der Waals surface area contributed by atoms with E-state index in [1.54, 1.807) is 39.2 Å². The van der Waals surface area contributed by atoms with Gasteiger partial charge in [-0.25, -0.2) is 9.97 Å². The van der Waals surface area contributed by atoms with Gasteiger partial charge in [-0.2, -0.15) is 8.78 Å². The summed E-state index contributed by atoms with van der Waals surface area (Å²) in [4.78, 5) is 9.00. The number of alkyl halides is 2. The number of nitrogens with one attached hydrogen (secondary N) is 1. The number of aryl methyl sites for hydroxylation is 1. The summed E-state index contributed by atoms with van der Waals surface area (Å²) in [5.74, 6) is 0.574. The summed E-state index contributed by atoms with van der Waals surface area (Å²) in [5.41, 5.74) is 5.13. The van der Waals surface area contributed by atoms with Gasteiger partial charge in [0.1, 0.15) is 29.6 Å². The van der Waals surface area contributed by atoms with Crippen LogP contribution in [0.1, 0.15) is 49.3 Å². The number of aliphatic hydroxyl groups is 1. The number of nitrogens with zero attached hydrogens (tertiary/aromatic N) is 2. The highest BCUT2D eigenvalue weighted by atomic mass is 19.3. The molecule has 0 unspecified atom stereocenters. The number of hydrogen-bond donors (Lipinski definition) is 3. The number of ether oxygens (including phenoxy) is 2. The topological polar surface area (TPSA) is 103 Å². The van der Waals surface area contributed by atoms with Crippen LogP contribution in [0.5, 0.6) is 5.75 Å². The molecule has 1 heterocycles. The highest BCUT2D eigenvalue weighted by molar-refractivity contribution is 5.92. The molecule has 4 N–H and O–H groups in total. The summed E-state index contributed by atoms with van der Waals surface area (Å²) in [5, 5.41) is 13.9. The summed E-state index contributed by atoms with van der Waals surface area (Å²) >= 11 is 0. The van der Waals surface area contributed by atoms with E-state index in [0.717, 1.165) is 13.8 Å². The molecule has 0 amide bonds. The number of methoxy groups -OCH3 is 1. The second-order valence-corrected chi connectivity index (χ2v) is 8.86. The normalized spacial score (nSPS) is 12.9. The molecule has 0 saturated heterocycles. The number of terminal acetylenes is 1. The van der Waals surface area contributed by atoms with Crippen molar-refractivity contribution in [2.24, 2.45) is 0 Å². The summed E-state index contributed by atoms with van der Waals surface area (Å²) in [7, 11) is 1.57. The van der Waals surface area contributed by atoms with Crippen molar-refractivity contribution < 1.29 is 23.4 Å². The van der Waals surface area contributed by atoms with E-state index in [2.05, 4.69) is 21.2 Å². The molecule has 0 saturated carbocycles. The minimum absolute atomic E-state index is 0.159. The summed E-state index contributed by atoms with van der Waals surface area (Å²) in [6.07, 6.45) is 5.66. The van der Waals surface area contributed by atoms with Crippen LogP contribution in [0, 0.1) is 19.3 Å². The Balaban J connectivity index is 2.03. The standard InChI is InChI=1S/C26H30F2N4O3/c1-7-17-12-22-21(14-23(17)35-9-8-34-6)24(32-16(3)31-22)30-15(2)18-10-19(13-20(29)11-18)26(27,28)25(4,5)33/h1,10-15,33H,8-9,29H2,2-6H3,(H,30,31,32)/t15-/m1/s1. The van der Waals surface area contributed by atoms with E-state index in [9.17, 15) is 13.9 Å². The number of nitrogens with two attached hydrogens (primary N) is 1. The first-order valence-corrected chi connectivity index (χ1v) is 11.1. The molecule has 7 nitrogen and oxygen atoms in total. The lowest BCUT2D eigenvalue weighted by Crippen LogP contribution is -2.40. The lowest BCUT2D eigenvalue weighted by atomic mass is 9.91. The Morgan fingerprint density at radius 2 is 1.89 bits per heavy atom. The predicted molar refractivity (Wildman–Crippen MR) is 133 cm³/mol. The van der Waals surface area contributed by atoms with E-state index in [1.807, 2.05) is 0 Å². The molecule has 0 bridgehead atoms. The van der Waals surface area contributed by atoms with Crippen molar-refractivity contribution in [3.63, 3.8) is 0 Å². The fraction of sp³-hybridized carbons (Fsp3) is 0.385. The number of aromatic nitrogens is 2. The third-order valence-corrected chi connectivity index (χ3v) is 5.57. The maximum Gasteiger partial charge on any atom is 0.300 e. The van der Waals surface area contributed by atoms with E-state index in [-0.39, 0.29) is 11.3 Å². The molecule has 3 rings (SSSR count). The largest absolute Gasteiger partial charge is 0.490 e. The third kappa shape index (κ3) is 5.61. The number of benzene rings is 2. The first kappa shape index (κ1) is 26.1. The number of halogens is 2. The van der Waals surface area contributed by atoms with Crippen molar-refractivity contribution in [3.8, 4) is 18.1 Å². The van der Waals surface area contributed by atoms with Crippen molar-refractivity contribution in [2.75, 3.05) is 31.4 Å². The fourth-order valence-corrected chi connectivity index (χ4v) is 3.60. The lowest BCUT2D eigenvalue weighted by molar-refractivity contribution is -0.168. The average molecular weight is 485 g/mol. The Kier molecular flexibility index (Phi) is 7.48. The summed E-state index contributed by atoms with van der Waals surface area (Å²) in [6, 6.07) is 7.14. The monoisotopic (exact) mass is 484 g/mol. The average Bonchev–Trinajstić information content (AvgIpc) is 2.77. The molecule has 0 radical (unpaired) electrons. The van der Waals surface area contributed by atoms with Gasteiger partial charge in [0.05, 0.1) is 23.7 Å². The minimum Gasteiger partial charge on any atom is -0.490 e. The summed E-state index contributed by atoms with van der Waals surface area (Å²) in [6.45, 7) is 6.37. The van der Waals surface area contributed by atoms with E-state index in [4.69, 9.17) is 21.6 Å². The number of rotatable bonds is 9. The Hall–Kier alpha value is -3.48. The quantitative estimate of drug-likeness (QED) is 0.232. The van der Waals surface area contributed by atoms with Gasteiger partial charge in [-0.05, 0) is 63.6 Å². The zero-order valence-electron chi connectivity index (χ0n) is 20.4. The van der Waals surface area contributed by atoms with Crippen molar-refractivity contribution >= 4 is 22.4 Å². The molecule has 3 aromatic rings. The molecule has 0 aliphatic rings. The molecular weight excluding hydrogens is 454 g/mol. The van der Waals surface area contributed by atoms with Crippen LogP contribution < -0.4 is 15.8 Å². The van der Waals surface area contributed by atoms with Gasteiger partial charge in [-0.1, -0.05) is 5.92 Å². The molecule has 35 heavy (non-hydrogen) atoms. The van der Waals surface area contributed by atoms with E-state index < -0.39 is 17.6 Å². The van der Waals surface area contributed by atoms with Gasteiger partial charge in [0, 0.05) is 23.7 Å². The molecule has 0 aliphatic heterocycles. The molecule has 0 fully saturated rings. The molecule has 0 aliphatic carbocycles. The molecule has 1 aromatic heterocycles. The molecule has 1 atom stereocenters.